The van der Waals surface area contributed by atoms with Gasteiger partial charge in [-0.3, -0.25) is 4.79 Å². The summed E-state index contributed by atoms with van der Waals surface area (Å²) in [7, 11) is 1.58. The molecule has 3 aromatic rings. The zero-order valence-corrected chi connectivity index (χ0v) is 16.7. The van der Waals surface area contributed by atoms with E-state index >= 15 is 0 Å². The monoisotopic (exact) mass is 407 g/mol. The van der Waals surface area contributed by atoms with Crippen LogP contribution < -0.4 is 20.7 Å². The van der Waals surface area contributed by atoms with Crippen LogP contribution in [0.15, 0.2) is 83.8 Å². The van der Waals surface area contributed by atoms with Gasteiger partial charge in [0.05, 0.1) is 12.9 Å². The van der Waals surface area contributed by atoms with Gasteiger partial charge in [-0.2, -0.15) is 0 Å². The zero-order chi connectivity index (χ0) is 20.5. The lowest BCUT2D eigenvalue weighted by Crippen LogP contribution is -2.19. The first kappa shape index (κ1) is 20.3. The number of urea groups is 1. The minimum absolute atomic E-state index is 0.104. The van der Waals surface area contributed by atoms with Crippen molar-refractivity contribution < 1.29 is 14.3 Å². The molecule has 0 bridgehead atoms. The van der Waals surface area contributed by atoms with Crippen LogP contribution in [0.3, 0.4) is 0 Å². The summed E-state index contributed by atoms with van der Waals surface area (Å²) in [6, 6.07) is 23.5. The van der Waals surface area contributed by atoms with Gasteiger partial charge in [0, 0.05) is 28.0 Å². The van der Waals surface area contributed by atoms with Crippen LogP contribution in [0.1, 0.15) is 0 Å². The lowest BCUT2D eigenvalue weighted by molar-refractivity contribution is -0.113. The molecule has 0 saturated heterocycles. The predicted molar refractivity (Wildman–Crippen MR) is 118 cm³/mol. The van der Waals surface area contributed by atoms with Crippen molar-refractivity contribution in [3.05, 3.63) is 78.9 Å². The number of carbonyl (C=O) groups is 2. The van der Waals surface area contributed by atoms with Crippen LogP contribution in [0.2, 0.25) is 0 Å². The summed E-state index contributed by atoms with van der Waals surface area (Å²) in [5, 5.41) is 8.38. The molecule has 148 valence electrons. The second-order valence-electron chi connectivity index (χ2n) is 6.04. The number of nitrogens with one attached hydrogen (secondary N) is 3. The molecule has 3 rings (SSSR count). The van der Waals surface area contributed by atoms with E-state index in [4.69, 9.17) is 4.74 Å². The van der Waals surface area contributed by atoms with Gasteiger partial charge in [-0.05, 0) is 48.5 Å². The topological polar surface area (TPSA) is 79.5 Å². The first-order chi connectivity index (χ1) is 14.1. The average Bonchev–Trinajstić information content (AvgIpc) is 2.74. The Morgan fingerprint density at radius 1 is 0.793 bits per heavy atom. The van der Waals surface area contributed by atoms with Gasteiger partial charge < -0.3 is 20.7 Å². The number of ether oxygens (including phenoxy) is 1. The molecule has 0 aromatic heterocycles. The molecule has 3 N–H and O–H groups in total. The standard InChI is InChI=1S/C22H21N3O3S/c1-28-19-9-5-8-18(14-19)23-21(26)15-29-20-12-10-17(11-13-20)25-22(27)24-16-6-3-2-4-7-16/h2-14H,15H2,1H3,(H,23,26)(H2,24,25,27). The van der Waals surface area contributed by atoms with Gasteiger partial charge in [0.1, 0.15) is 5.75 Å². The summed E-state index contributed by atoms with van der Waals surface area (Å²) < 4.78 is 5.15. The number of anilines is 3. The Bertz CT molecular complexity index is 963. The van der Waals surface area contributed by atoms with E-state index in [1.165, 1.54) is 11.8 Å². The first-order valence-corrected chi connectivity index (χ1v) is 9.91. The van der Waals surface area contributed by atoms with Crippen LogP contribution in [-0.2, 0) is 4.79 Å². The van der Waals surface area contributed by atoms with Gasteiger partial charge in [-0.1, -0.05) is 24.3 Å². The summed E-state index contributed by atoms with van der Waals surface area (Å²) in [5.74, 6) is 0.862. The van der Waals surface area contributed by atoms with Crippen molar-refractivity contribution in [2.75, 3.05) is 28.8 Å². The highest BCUT2D eigenvalue weighted by Gasteiger charge is 2.06. The molecule has 3 amide bonds. The third kappa shape index (κ3) is 6.58. The average molecular weight is 407 g/mol. The third-order valence-corrected chi connectivity index (χ3v) is 4.88. The number of rotatable bonds is 7. The van der Waals surface area contributed by atoms with Gasteiger partial charge in [0.25, 0.3) is 0 Å². The fourth-order valence-electron chi connectivity index (χ4n) is 2.50. The van der Waals surface area contributed by atoms with E-state index < -0.39 is 0 Å². The van der Waals surface area contributed by atoms with Crippen LogP contribution >= 0.6 is 11.8 Å². The molecule has 0 aliphatic carbocycles. The molecule has 0 unspecified atom stereocenters. The highest BCUT2D eigenvalue weighted by Crippen LogP contribution is 2.22. The molecule has 29 heavy (non-hydrogen) atoms. The van der Waals surface area contributed by atoms with Gasteiger partial charge in [0.2, 0.25) is 5.91 Å². The van der Waals surface area contributed by atoms with Crippen LogP contribution in [0.4, 0.5) is 21.9 Å². The van der Waals surface area contributed by atoms with Crippen LogP contribution in [0.5, 0.6) is 5.75 Å². The minimum Gasteiger partial charge on any atom is -0.497 e. The lowest BCUT2D eigenvalue weighted by atomic mass is 10.3. The molecule has 0 aliphatic rings. The van der Waals surface area contributed by atoms with Gasteiger partial charge in [0.15, 0.2) is 0 Å². The minimum atomic E-state index is -0.311. The Kier molecular flexibility index (Phi) is 7.13. The highest BCUT2D eigenvalue weighted by atomic mass is 32.2. The molecule has 0 spiro atoms. The number of carbonyl (C=O) groups excluding carboxylic acids is 2. The van der Waals surface area contributed by atoms with Crippen molar-refractivity contribution in [2.45, 2.75) is 4.90 Å². The smallest absolute Gasteiger partial charge is 0.323 e. The Balaban J connectivity index is 1.46. The summed E-state index contributed by atoms with van der Waals surface area (Å²) in [6.45, 7) is 0. The maximum Gasteiger partial charge on any atom is 0.323 e. The normalized spacial score (nSPS) is 10.1. The number of amides is 3. The van der Waals surface area contributed by atoms with E-state index in [0.717, 1.165) is 10.6 Å². The fraction of sp³-hybridized carbons (Fsp3) is 0.0909. The van der Waals surface area contributed by atoms with E-state index in [9.17, 15) is 9.59 Å². The van der Waals surface area contributed by atoms with Crippen LogP contribution in [0.25, 0.3) is 0 Å². The lowest BCUT2D eigenvalue weighted by Gasteiger charge is -2.09. The number of hydrogen-bond donors (Lipinski definition) is 3. The van der Waals surface area contributed by atoms with E-state index in [1.807, 2.05) is 60.7 Å². The summed E-state index contributed by atoms with van der Waals surface area (Å²) >= 11 is 1.42. The van der Waals surface area contributed by atoms with Crippen molar-refractivity contribution in [3.63, 3.8) is 0 Å². The van der Waals surface area contributed by atoms with E-state index in [2.05, 4.69) is 16.0 Å². The molecule has 0 saturated carbocycles. The third-order valence-electron chi connectivity index (χ3n) is 3.87. The molecule has 6 nitrogen and oxygen atoms in total. The molecule has 0 aliphatic heterocycles. The number of thioether (sulfide) groups is 1. The Morgan fingerprint density at radius 2 is 1.45 bits per heavy atom. The summed E-state index contributed by atoms with van der Waals surface area (Å²) in [4.78, 5) is 25.1. The van der Waals surface area contributed by atoms with Gasteiger partial charge in [-0.25, -0.2) is 4.79 Å². The van der Waals surface area contributed by atoms with Crippen molar-refractivity contribution in [1.29, 1.82) is 0 Å². The van der Waals surface area contributed by atoms with Crippen LogP contribution in [0, 0.1) is 0 Å². The van der Waals surface area contributed by atoms with E-state index in [0.29, 0.717) is 17.1 Å². The molecule has 0 radical (unpaired) electrons. The van der Waals surface area contributed by atoms with E-state index in [1.54, 1.807) is 25.3 Å². The van der Waals surface area contributed by atoms with Gasteiger partial charge >= 0.3 is 6.03 Å². The fourth-order valence-corrected chi connectivity index (χ4v) is 3.19. The Hall–Kier alpha value is -3.45. The highest BCUT2D eigenvalue weighted by molar-refractivity contribution is 8.00. The summed E-state index contributed by atoms with van der Waals surface area (Å²) in [6.07, 6.45) is 0. The maximum atomic E-state index is 12.1. The number of methoxy groups -OCH3 is 1. The van der Waals surface area contributed by atoms with Crippen molar-refractivity contribution in [3.8, 4) is 5.75 Å². The molecule has 3 aromatic carbocycles. The molecule has 0 heterocycles. The predicted octanol–water partition coefficient (Wildman–Crippen LogP) is 5.07. The molecule has 7 heteroatoms. The van der Waals surface area contributed by atoms with Gasteiger partial charge in [-0.15, -0.1) is 11.8 Å². The second kappa shape index (κ2) is 10.2. The Morgan fingerprint density at radius 3 is 2.14 bits per heavy atom. The second-order valence-corrected chi connectivity index (χ2v) is 7.09. The first-order valence-electron chi connectivity index (χ1n) is 8.92. The Labute approximate surface area is 173 Å². The number of benzene rings is 3. The van der Waals surface area contributed by atoms with Crippen molar-refractivity contribution in [1.82, 2.24) is 0 Å². The number of para-hydroxylation sites is 1. The molecular formula is C22H21N3O3S. The summed E-state index contributed by atoms with van der Waals surface area (Å²) in [5.41, 5.74) is 2.08. The largest absolute Gasteiger partial charge is 0.497 e. The SMILES string of the molecule is COc1cccc(NC(=O)CSc2ccc(NC(=O)Nc3ccccc3)cc2)c1. The molecular weight excluding hydrogens is 386 g/mol. The zero-order valence-electron chi connectivity index (χ0n) is 15.8. The number of hydrogen-bond acceptors (Lipinski definition) is 4. The van der Waals surface area contributed by atoms with Crippen LogP contribution in [-0.4, -0.2) is 24.8 Å². The van der Waals surface area contributed by atoms with E-state index in [-0.39, 0.29) is 17.7 Å². The van der Waals surface area contributed by atoms with Crippen molar-refractivity contribution >= 4 is 40.8 Å². The molecule has 0 atom stereocenters. The quantitative estimate of drug-likeness (QED) is 0.478. The maximum absolute atomic E-state index is 12.1. The van der Waals surface area contributed by atoms with Crippen molar-refractivity contribution in [2.24, 2.45) is 0 Å². The molecule has 0 fully saturated rings.